The molecule has 11 aromatic carbocycles. The van der Waals surface area contributed by atoms with E-state index >= 15 is 0 Å². The first kappa shape index (κ1) is 32.9. The minimum Gasteiger partial charge on any atom is -0.455 e. The van der Waals surface area contributed by atoms with Gasteiger partial charge in [0.05, 0.1) is 26.3 Å². The molecular weight excluding hydrogens is 869 g/mol. The molecule has 4 heterocycles. The molecule has 0 atom stereocenters. The molecule has 15 aromatic rings. The molecule has 6 nitrogen and oxygen atoms in total. The number of fused-ring (bicyclic) bond motifs is 12. The maximum absolute atomic E-state index is 9.26. The Kier molecular flexibility index (Phi) is 7.16. The highest BCUT2D eigenvalue weighted by Crippen LogP contribution is 2.42. The first-order valence-corrected chi connectivity index (χ1v) is 23.3. The predicted molar refractivity (Wildman–Crippen MR) is 291 cm³/mol. The normalized spacial score (nSPS) is 13.3. The highest BCUT2D eigenvalue weighted by atomic mass is 16.3. The van der Waals surface area contributed by atoms with Crippen LogP contribution in [0.3, 0.4) is 0 Å². The van der Waals surface area contributed by atoms with E-state index in [0.717, 1.165) is 93.2 Å². The van der Waals surface area contributed by atoms with Crippen LogP contribution in [-0.4, -0.2) is 19.5 Å². The van der Waals surface area contributed by atoms with E-state index in [2.05, 4.69) is 78.9 Å². The summed E-state index contributed by atoms with van der Waals surface area (Å²) in [5.41, 5.74) is 9.44. The summed E-state index contributed by atoms with van der Waals surface area (Å²) in [6, 6.07) is 59.7. The summed E-state index contributed by atoms with van der Waals surface area (Å²) < 4.78 is 77.4. The van der Waals surface area contributed by atoms with Crippen molar-refractivity contribution in [3.8, 4) is 62.1 Å². The van der Waals surface area contributed by atoms with Crippen LogP contribution in [0.4, 0.5) is 0 Å². The van der Waals surface area contributed by atoms with Gasteiger partial charge in [-0.15, -0.1) is 0 Å². The highest BCUT2D eigenvalue weighted by molar-refractivity contribution is 6.14. The van der Waals surface area contributed by atoms with E-state index in [-0.39, 0.29) is 57.8 Å². The molecule has 0 aliphatic heterocycles. The summed E-state index contributed by atoms with van der Waals surface area (Å²) in [4.78, 5) is 15.7. The van der Waals surface area contributed by atoms with Gasteiger partial charge in [0.1, 0.15) is 22.3 Å². The Bertz CT molecular complexity index is 5100. The van der Waals surface area contributed by atoms with Gasteiger partial charge in [-0.3, -0.25) is 0 Å². The Balaban J connectivity index is 0.918. The van der Waals surface area contributed by atoms with Crippen LogP contribution >= 0.6 is 0 Å². The zero-order valence-electron chi connectivity index (χ0n) is 44.5. The quantitative estimate of drug-likeness (QED) is 0.155. The minimum absolute atomic E-state index is 0.0520. The molecule has 71 heavy (non-hydrogen) atoms. The fraction of sp³-hybridized carbons (Fsp3) is 0. The van der Waals surface area contributed by atoms with Crippen molar-refractivity contribution in [1.29, 1.82) is 0 Å². The average molecular weight is 914 g/mol. The summed E-state index contributed by atoms with van der Waals surface area (Å²) in [6.07, 6.45) is 0. The third kappa shape index (κ3) is 6.18. The van der Waals surface area contributed by atoms with Gasteiger partial charge in [0.2, 0.25) is 0 Å². The zero-order valence-corrected chi connectivity index (χ0v) is 37.5. The standard InChI is InChI=1S/C65H38N4O2/c1-2-17-45-39(14-1)30-31-41-37-44(32-34-46(41)45)64-66-63(67-65(68-64)54-21-5-9-28-58(54)69-56-26-7-3-18-49(56)50-19-4-8-27-57(50)69)43-16-11-15-40(36-43)47-22-13-25-53-55-38-42(33-35-60(55)71-62(47)53)48-23-12-24-52-51-20-6-10-29-59(51)70-61(48)52/h1-38H/i3D,4D,7D,18D,19D,26D,27D. The fourth-order valence-corrected chi connectivity index (χ4v) is 10.5. The van der Waals surface area contributed by atoms with Crippen molar-refractivity contribution < 1.29 is 18.4 Å². The topological polar surface area (TPSA) is 69.9 Å². The summed E-state index contributed by atoms with van der Waals surface area (Å²) in [5, 5.41) is 8.52. The minimum atomic E-state index is -0.475. The van der Waals surface area contributed by atoms with E-state index in [0.29, 0.717) is 28.5 Å². The Morgan fingerprint density at radius 3 is 1.77 bits per heavy atom. The summed E-state index contributed by atoms with van der Waals surface area (Å²) in [7, 11) is 0. The number of aromatic nitrogens is 4. The molecule has 0 aliphatic carbocycles. The van der Waals surface area contributed by atoms with Crippen molar-refractivity contribution in [3.05, 3.63) is 230 Å². The molecule has 0 N–H and O–H groups in total. The number of hydrogen-bond acceptors (Lipinski definition) is 5. The number of nitrogens with zero attached hydrogens (tertiary/aromatic N) is 4. The zero-order chi connectivity index (χ0) is 52.7. The number of para-hydroxylation sites is 6. The maximum Gasteiger partial charge on any atom is 0.166 e. The van der Waals surface area contributed by atoms with Crippen LogP contribution in [0.25, 0.3) is 149 Å². The number of hydrogen-bond donors (Lipinski definition) is 0. The van der Waals surface area contributed by atoms with Gasteiger partial charge in [-0.25, -0.2) is 15.0 Å². The molecule has 0 aliphatic rings. The van der Waals surface area contributed by atoms with Crippen molar-refractivity contribution in [1.82, 2.24) is 19.5 Å². The lowest BCUT2D eigenvalue weighted by molar-refractivity contribution is 0.669. The summed E-state index contributed by atoms with van der Waals surface area (Å²) in [6.45, 7) is 0. The van der Waals surface area contributed by atoms with Gasteiger partial charge < -0.3 is 13.4 Å². The summed E-state index contributed by atoms with van der Waals surface area (Å²) in [5.74, 6) is 1.01. The second-order valence-corrected chi connectivity index (χ2v) is 17.7. The van der Waals surface area contributed by atoms with Gasteiger partial charge >= 0.3 is 0 Å². The van der Waals surface area contributed by atoms with Crippen LogP contribution in [-0.2, 0) is 0 Å². The van der Waals surface area contributed by atoms with Crippen molar-refractivity contribution >= 4 is 87.2 Å². The third-order valence-corrected chi connectivity index (χ3v) is 13.7. The number of benzene rings is 11. The molecule has 0 fully saturated rings. The molecule has 330 valence electrons. The van der Waals surface area contributed by atoms with Gasteiger partial charge in [-0.2, -0.15) is 0 Å². The average Bonchev–Trinajstić information content (AvgIpc) is 4.19. The van der Waals surface area contributed by atoms with Crippen molar-refractivity contribution in [3.63, 3.8) is 0 Å². The number of rotatable bonds is 6. The van der Waals surface area contributed by atoms with E-state index in [1.165, 1.54) is 6.07 Å². The van der Waals surface area contributed by atoms with Crippen LogP contribution in [0, 0.1) is 0 Å². The molecule has 15 rings (SSSR count). The monoisotopic (exact) mass is 913 g/mol. The molecule has 0 spiro atoms. The molecule has 0 unspecified atom stereocenters. The van der Waals surface area contributed by atoms with E-state index in [1.54, 1.807) is 16.7 Å². The van der Waals surface area contributed by atoms with Crippen molar-refractivity contribution in [2.45, 2.75) is 0 Å². The van der Waals surface area contributed by atoms with E-state index in [4.69, 9.17) is 30.6 Å². The Morgan fingerprint density at radius 1 is 0.338 bits per heavy atom. The van der Waals surface area contributed by atoms with Gasteiger partial charge in [-0.05, 0) is 87.2 Å². The van der Waals surface area contributed by atoms with Crippen LogP contribution in [0.2, 0.25) is 0 Å². The predicted octanol–water partition coefficient (Wildman–Crippen LogP) is 17.4. The maximum atomic E-state index is 9.26. The smallest absolute Gasteiger partial charge is 0.166 e. The van der Waals surface area contributed by atoms with Crippen LogP contribution in [0.5, 0.6) is 0 Å². The van der Waals surface area contributed by atoms with Gasteiger partial charge in [0.15, 0.2) is 17.5 Å². The van der Waals surface area contributed by atoms with Crippen LogP contribution in [0.15, 0.2) is 239 Å². The lowest BCUT2D eigenvalue weighted by Crippen LogP contribution is -2.03. The van der Waals surface area contributed by atoms with Gasteiger partial charge in [0.25, 0.3) is 0 Å². The van der Waals surface area contributed by atoms with E-state index in [9.17, 15) is 2.74 Å². The number of furan rings is 2. The fourth-order valence-electron chi connectivity index (χ4n) is 10.5. The van der Waals surface area contributed by atoms with Crippen LogP contribution in [0.1, 0.15) is 9.60 Å². The molecule has 4 aromatic heterocycles. The first-order chi connectivity index (χ1) is 38.1. The largest absolute Gasteiger partial charge is 0.455 e. The molecular formula is C65H38N4O2. The second kappa shape index (κ2) is 15.4. The second-order valence-electron chi connectivity index (χ2n) is 17.7. The van der Waals surface area contributed by atoms with E-state index < -0.39 is 12.1 Å². The Labute approximate surface area is 416 Å². The van der Waals surface area contributed by atoms with Gasteiger partial charge in [0, 0.05) is 60.1 Å². The highest BCUT2D eigenvalue weighted by Gasteiger charge is 2.21. The molecule has 0 saturated carbocycles. The van der Waals surface area contributed by atoms with Crippen LogP contribution < -0.4 is 0 Å². The van der Waals surface area contributed by atoms with Gasteiger partial charge in [-0.1, -0.05) is 176 Å². The van der Waals surface area contributed by atoms with E-state index in [1.807, 2.05) is 91.0 Å². The van der Waals surface area contributed by atoms with Crippen molar-refractivity contribution in [2.24, 2.45) is 0 Å². The van der Waals surface area contributed by atoms with Crippen molar-refractivity contribution in [2.75, 3.05) is 0 Å². The molecule has 0 saturated heterocycles. The molecule has 0 bridgehead atoms. The molecule has 0 amide bonds. The summed E-state index contributed by atoms with van der Waals surface area (Å²) >= 11 is 0. The lowest BCUT2D eigenvalue weighted by atomic mass is 9.98. The Hall–Kier alpha value is -9.65. The Morgan fingerprint density at radius 2 is 0.915 bits per heavy atom. The third-order valence-electron chi connectivity index (χ3n) is 13.7. The first-order valence-electron chi connectivity index (χ1n) is 26.8. The molecule has 6 heteroatoms. The lowest BCUT2D eigenvalue weighted by Gasteiger charge is -2.15. The SMILES string of the molecule is [2H]c1cc([2H])c2c(c1[2H])c1c([2H])c([2H])c([2H])c([2H])c1n2-c1ccccc1-c1nc(-c2cccc(-c3cccc4c3oc3ccc(-c5cccc6c5oc5ccccc56)cc34)c2)nc(-c2ccc3c(ccc4ccccc43)c2)n1. The molecule has 0 radical (unpaired) electrons.